The van der Waals surface area contributed by atoms with Gasteiger partial charge in [-0.25, -0.2) is 0 Å². The lowest BCUT2D eigenvalue weighted by Gasteiger charge is -2.43. The van der Waals surface area contributed by atoms with Crippen molar-refractivity contribution in [2.45, 2.75) is 51.4 Å². The van der Waals surface area contributed by atoms with Gasteiger partial charge in [0, 0.05) is 6.04 Å². The Hall–Kier alpha value is -1.44. The van der Waals surface area contributed by atoms with E-state index in [1.54, 1.807) is 6.92 Å². The van der Waals surface area contributed by atoms with Crippen LogP contribution in [0.3, 0.4) is 0 Å². The monoisotopic (exact) mass is 323 g/mol. The molecule has 2 heterocycles. The van der Waals surface area contributed by atoms with Crippen LogP contribution in [0.4, 0.5) is 0 Å². The first-order valence-electron chi connectivity index (χ1n) is 8.35. The lowest BCUT2D eigenvalue weighted by Crippen LogP contribution is -2.53. The van der Waals surface area contributed by atoms with Gasteiger partial charge in [0.25, 0.3) is 5.91 Å². The van der Waals surface area contributed by atoms with Crippen LogP contribution in [-0.4, -0.2) is 46.5 Å². The van der Waals surface area contributed by atoms with Crippen molar-refractivity contribution in [2.75, 3.05) is 13.1 Å². The molecule has 1 aromatic rings. The maximum Gasteiger partial charge on any atom is 0.274 e. The van der Waals surface area contributed by atoms with Gasteiger partial charge in [0.1, 0.15) is 5.76 Å². The van der Waals surface area contributed by atoms with Gasteiger partial charge in [-0.2, -0.15) is 0 Å². The van der Waals surface area contributed by atoms with Crippen LogP contribution in [0.1, 0.15) is 47.5 Å². The zero-order valence-electron chi connectivity index (χ0n) is 13.4. The highest BCUT2D eigenvalue weighted by Gasteiger charge is 2.39. The molecule has 7 nitrogen and oxygen atoms in total. The number of hydrogen-bond donors (Lipinski definition) is 4. The largest absolute Gasteiger partial charge is 0.393 e. The van der Waals surface area contributed by atoms with Crippen molar-refractivity contribution in [2.24, 2.45) is 11.8 Å². The van der Waals surface area contributed by atoms with Crippen molar-refractivity contribution in [3.8, 4) is 0 Å². The summed E-state index contributed by atoms with van der Waals surface area (Å²) in [6, 6.07) is 0.0385. The van der Waals surface area contributed by atoms with Crippen LogP contribution < -0.4 is 10.6 Å². The Labute approximate surface area is 135 Å². The maximum absolute atomic E-state index is 12.6. The molecule has 1 aliphatic carbocycles. The first-order valence-corrected chi connectivity index (χ1v) is 8.35. The topological polar surface area (TPSA) is 108 Å². The summed E-state index contributed by atoms with van der Waals surface area (Å²) in [7, 11) is 0. The fourth-order valence-electron chi connectivity index (χ4n) is 3.72. The van der Waals surface area contributed by atoms with Gasteiger partial charge in [-0.15, -0.1) is 0 Å². The number of hydrogen-bond acceptors (Lipinski definition) is 6. The number of aliphatic hydroxyl groups is 2. The predicted octanol–water partition coefficient (Wildman–Crippen LogP) is 0.344. The molecule has 1 aromatic heterocycles. The molecular formula is C16H25N3O4. The molecule has 128 valence electrons. The highest BCUT2D eigenvalue weighted by molar-refractivity contribution is 5.94. The lowest BCUT2D eigenvalue weighted by atomic mass is 9.71. The minimum atomic E-state index is -0.296. The van der Waals surface area contributed by atoms with E-state index in [1.807, 2.05) is 0 Å². The standard InChI is InChI=1S/C16H25N3O4/c1-9-13(8-20)15(19-23-9)16(22)18-14(11-6-12(21)7-11)10-2-4-17-5-3-10/h10-12,14,17,20-21H,2-8H2,1H3,(H,18,22). The summed E-state index contributed by atoms with van der Waals surface area (Å²) in [5, 5.41) is 29.3. The minimum absolute atomic E-state index is 0.0385. The number of carbonyl (C=O) groups is 1. The fourth-order valence-corrected chi connectivity index (χ4v) is 3.72. The molecule has 4 N–H and O–H groups in total. The van der Waals surface area contributed by atoms with Crippen LogP contribution in [0, 0.1) is 18.8 Å². The van der Waals surface area contributed by atoms with Gasteiger partial charge in [-0.05, 0) is 57.5 Å². The smallest absolute Gasteiger partial charge is 0.274 e. The van der Waals surface area contributed by atoms with E-state index in [9.17, 15) is 15.0 Å². The molecule has 1 unspecified atom stereocenters. The zero-order valence-corrected chi connectivity index (χ0v) is 13.4. The molecule has 7 heteroatoms. The number of piperidine rings is 1. The Balaban J connectivity index is 1.73. The SMILES string of the molecule is Cc1onc(C(=O)NC(C2CCNCC2)C2CC(O)C2)c1CO. The zero-order chi connectivity index (χ0) is 16.4. The number of aromatic nitrogens is 1. The summed E-state index contributed by atoms with van der Waals surface area (Å²) in [5.74, 6) is 0.886. The Morgan fingerprint density at radius 2 is 2.09 bits per heavy atom. The first-order chi connectivity index (χ1) is 11.1. The molecule has 1 saturated heterocycles. The number of nitrogens with one attached hydrogen (secondary N) is 2. The van der Waals surface area contributed by atoms with Crippen molar-refractivity contribution in [1.82, 2.24) is 15.8 Å². The van der Waals surface area contributed by atoms with Gasteiger partial charge in [-0.3, -0.25) is 4.79 Å². The van der Waals surface area contributed by atoms with Crippen molar-refractivity contribution >= 4 is 5.91 Å². The predicted molar refractivity (Wildman–Crippen MR) is 82.7 cm³/mol. The van der Waals surface area contributed by atoms with Crippen LogP contribution >= 0.6 is 0 Å². The van der Waals surface area contributed by atoms with E-state index in [2.05, 4.69) is 15.8 Å². The number of carbonyl (C=O) groups excluding carboxylic acids is 1. The molecule has 1 atom stereocenters. The third-order valence-corrected chi connectivity index (χ3v) is 5.20. The average molecular weight is 323 g/mol. The van der Waals surface area contributed by atoms with E-state index in [0.717, 1.165) is 38.8 Å². The summed E-state index contributed by atoms with van der Waals surface area (Å²) in [5.41, 5.74) is 0.615. The van der Waals surface area contributed by atoms with Gasteiger partial charge in [0.15, 0.2) is 5.69 Å². The summed E-state index contributed by atoms with van der Waals surface area (Å²) < 4.78 is 5.03. The Morgan fingerprint density at radius 1 is 1.39 bits per heavy atom. The molecule has 1 saturated carbocycles. The van der Waals surface area contributed by atoms with Gasteiger partial charge in [0.05, 0.1) is 18.3 Å². The molecule has 0 bridgehead atoms. The second-order valence-electron chi connectivity index (χ2n) is 6.70. The molecule has 1 aliphatic heterocycles. The van der Waals surface area contributed by atoms with Gasteiger partial charge < -0.3 is 25.4 Å². The normalized spacial score (nSPS) is 26.6. The van der Waals surface area contributed by atoms with Crippen molar-refractivity contribution in [3.63, 3.8) is 0 Å². The summed E-state index contributed by atoms with van der Waals surface area (Å²) >= 11 is 0. The fraction of sp³-hybridized carbons (Fsp3) is 0.750. The van der Waals surface area contributed by atoms with Crippen LogP contribution in [0.2, 0.25) is 0 Å². The highest BCUT2D eigenvalue weighted by atomic mass is 16.5. The molecule has 2 fully saturated rings. The van der Waals surface area contributed by atoms with E-state index in [4.69, 9.17) is 4.52 Å². The molecule has 0 radical (unpaired) electrons. The number of nitrogens with zero attached hydrogens (tertiary/aromatic N) is 1. The molecule has 0 spiro atoms. The summed E-state index contributed by atoms with van der Waals surface area (Å²) in [4.78, 5) is 12.6. The first kappa shape index (κ1) is 16.4. The van der Waals surface area contributed by atoms with E-state index in [-0.39, 0.29) is 30.4 Å². The molecule has 1 amide bonds. The number of rotatable bonds is 5. The van der Waals surface area contributed by atoms with E-state index >= 15 is 0 Å². The summed E-state index contributed by atoms with van der Waals surface area (Å²) in [6.45, 7) is 3.33. The van der Waals surface area contributed by atoms with Gasteiger partial charge in [-0.1, -0.05) is 5.16 Å². The Kier molecular flexibility index (Phi) is 4.99. The van der Waals surface area contributed by atoms with Crippen LogP contribution in [0.25, 0.3) is 0 Å². The van der Waals surface area contributed by atoms with Gasteiger partial charge in [0.2, 0.25) is 0 Å². The summed E-state index contributed by atoms with van der Waals surface area (Å²) in [6.07, 6.45) is 3.26. The second-order valence-corrected chi connectivity index (χ2v) is 6.70. The van der Waals surface area contributed by atoms with Crippen molar-refractivity contribution in [3.05, 3.63) is 17.0 Å². The molecule has 23 heavy (non-hydrogen) atoms. The maximum atomic E-state index is 12.6. The second kappa shape index (κ2) is 6.98. The highest BCUT2D eigenvalue weighted by Crippen LogP contribution is 2.36. The molecule has 0 aromatic carbocycles. The number of aliphatic hydroxyl groups excluding tert-OH is 2. The van der Waals surface area contributed by atoms with E-state index in [0.29, 0.717) is 23.2 Å². The van der Waals surface area contributed by atoms with Gasteiger partial charge >= 0.3 is 0 Å². The lowest BCUT2D eigenvalue weighted by molar-refractivity contribution is 0.00907. The molecule has 3 rings (SSSR count). The third kappa shape index (κ3) is 3.41. The average Bonchev–Trinajstić information content (AvgIpc) is 2.91. The van der Waals surface area contributed by atoms with E-state index < -0.39 is 0 Å². The molecular weight excluding hydrogens is 298 g/mol. The Bertz CT molecular complexity index is 548. The number of amides is 1. The van der Waals surface area contributed by atoms with Crippen LogP contribution in [0.15, 0.2) is 4.52 Å². The third-order valence-electron chi connectivity index (χ3n) is 5.20. The van der Waals surface area contributed by atoms with Crippen LogP contribution in [0.5, 0.6) is 0 Å². The van der Waals surface area contributed by atoms with Crippen molar-refractivity contribution < 1.29 is 19.5 Å². The number of aryl methyl sites for hydroxylation is 1. The quantitative estimate of drug-likeness (QED) is 0.622. The Morgan fingerprint density at radius 3 is 2.70 bits per heavy atom. The molecule has 2 aliphatic rings. The van der Waals surface area contributed by atoms with Crippen LogP contribution in [-0.2, 0) is 6.61 Å². The minimum Gasteiger partial charge on any atom is -0.393 e. The van der Waals surface area contributed by atoms with Crippen molar-refractivity contribution in [1.29, 1.82) is 0 Å². The van der Waals surface area contributed by atoms with E-state index in [1.165, 1.54) is 0 Å².